The molecule has 0 spiro atoms. The van der Waals surface area contributed by atoms with Crippen LogP contribution in [0.5, 0.6) is 0 Å². The molecule has 1 unspecified atom stereocenters. The molecule has 0 radical (unpaired) electrons. The Morgan fingerprint density at radius 3 is 2.60 bits per heavy atom. The lowest BCUT2D eigenvalue weighted by Crippen LogP contribution is -2.25. The van der Waals surface area contributed by atoms with E-state index in [0.717, 1.165) is 16.2 Å². The van der Waals surface area contributed by atoms with Crippen molar-refractivity contribution in [2.75, 3.05) is 0 Å². The zero-order valence-electron chi connectivity index (χ0n) is 9.08. The van der Waals surface area contributed by atoms with Crippen LogP contribution in [0, 0.1) is 11.8 Å². The minimum atomic E-state index is 0.0573. The molecule has 1 atom stereocenters. The van der Waals surface area contributed by atoms with Crippen LogP contribution in [-0.2, 0) is 0 Å². The fourth-order valence-corrected chi connectivity index (χ4v) is 2.87. The first kappa shape index (κ1) is 11.2. The van der Waals surface area contributed by atoms with Crippen LogP contribution < -0.4 is 5.73 Å². The molecular formula is C12H18BrNO. The standard InChI is InChI=1S/C12H18BrNO/c1-8-2-4-9(5-3-8)11(14)12-10(13)6-7-15-12/h6-9,11H,2-5,14H2,1H3. The average Bonchev–Trinajstić information content (AvgIpc) is 2.65. The van der Waals surface area contributed by atoms with Crippen LogP contribution in [0.15, 0.2) is 21.2 Å². The van der Waals surface area contributed by atoms with Gasteiger partial charge in [0.1, 0.15) is 5.76 Å². The smallest absolute Gasteiger partial charge is 0.134 e. The first-order chi connectivity index (χ1) is 7.18. The van der Waals surface area contributed by atoms with Gasteiger partial charge in [-0.3, -0.25) is 0 Å². The van der Waals surface area contributed by atoms with Crippen LogP contribution in [0.3, 0.4) is 0 Å². The van der Waals surface area contributed by atoms with Crippen molar-refractivity contribution in [1.29, 1.82) is 0 Å². The van der Waals surface area contributed by atoms with Crippen molar-refractivity contribution >= 4 is 15.9 Å². The number of nitrogens with two attached hydrogens (primary N) is 1. The summed E-state index contributed by atoms with van der Waals surface area (Å²) in [5.74, 6) is 2.37. The van der Waals surface area contributed by atoms with E-state index in [1.54, 1.807) is 6.26 Å². The Labute approximate surface area is 99.3 Å². The highest BCUT2D eigenvalue weighted by molar-refractivity contribution is 9.10. The summed E-state index contributed by atoms with van der Waals surface area (Å²) >= 11 is 3.47. The van der Waals surface area contributed by atoms with Gasteiger partial charge in [0.25, 0.3) is 0 Å². The highest BCUT2D eigenvalue weighted by Crippen LogP contribution is 2.37. The van der Waals surface area contributed by atoms with Crippen LogP contribution in [0.25, 0.3) is 0 Å². The molecule has 0 aromatic carbocycles. The maximum Gasteiger partial charge on any atom is 0.134 e. The summed E-state index contributed by atoms with van der Waals surface area (Å²) in [6.07, 6.45) is 6.77. The van der Waals surface area contributed by atoms with Crippen LogP contribution in [0.1, 0.15) is 44.4 Å². The Hall–Kier alpha value is -0.280. The number of hydrogen-bond acceptors (Lipinski definition) is 2. The molecule has 0 amide bonds. The molecular weight excluding hydrogens is 254 g/mol. The molecule has 15 heavy (non-hydrogen) atoms. The van der Waals surface area contributed by atoms with Gasteiger partial charge in [-0.1, -0.05) is 19.8 Å². The second-order valence-corrected chi connectivity index (χ2v) is 5.53. The largest absolute Gasteiger partial charge is 0.466 e. The van der Waals surface area contributed by atoms with E-state index in [0.29, 0.717) is 5.92 Å². The third-order valence-electron chi connectivity index (χ3n) is 3.52. The Balaban J connectivity index is 2.02. The lowest BCUT2D eigenvalue weighted by atomic mass is 9.79. The molecule has 1 aliphatic rings. The number of halogens is 1. The fourth-order valence-electron chi connectivity index (χ4n) is 2.40. The number of furan rings is 1. The summed E-state index contributed by atoms with van der Waals surface area (Å²) in [4.78, 5) is 0. The van der Waals surface area contributed by atoms with Crippen LogP contribution in [-0.4, -0.2) is 0 Å². The van der Waals surface area contributed by atoms with Crippen molar-refractivity contribution in [3.8, 4) is 0 Å². The minimum Gasteiger partial charge on any atom is -0.466 e. The lowest BCUT2D eigenvalue weighted by Gasteiger charge is -2.29. The summed E-state index contributed by atoms with van der Waals surface area (Å²) in [5, 5.41) is 0. The molecule has 1 aromatic rings. The van der Waals surface area contributed by atoms with Crippen molar-refractivity contribution in [2.24, 2.45) is 17.6 Å². The summed E-state index contributed by atoms with van der Waals surface area (Å²) < 4.78 is 6.44. The number of hydrogen-bond donors (Lipinski definition) is 1. The van der Waals surface area contributed by atoms with E-state index in [1.165, 1.54) is 25.7 Å². The molecule has 84 valence electrons. The Morgan fingerprint density at radius 2 is 2.07 bits per heavy atom. The number of rotatable bonds is 2. The molecule has 1 fully saturated rings. The molecule has 1 aromatic heterocycles. The quantitative estimate of drug-likeness (QED) is 0.887. The van der Waals surface area contributed by atoms with Crippen molar-refractivity contribution < 1.29 is 4.42 Å². The minimum absolute atomic E-state index is 0.0573. The summed E-state index contributed by atoms with van der Waals surface area (Å²) in [6.45, 7) is 2.32. The first-order valence-corrected chi connectivity index (χ1v) is 6.46. The Morgan fingerprint density at radius 1 is 1.40 bits per heavy atom. The molecule has 0 bridgehead atoms. The van der Waals surface area contributed by atoms with Gasteiger partial charge in [0.05, 0.1) is 16.8 Å². The molecule has 0 saturated heterocycles. The molecule has 2 N–H and O–H groups in total. The van der Waals surface area contributed by atoms with Crippen LogP contribution in [0.4, 0.5) is 0 Å². The van der Waals surface area contributed by atoms with Crippen LogP contribution >= 0.6 is 15.9 Å². The second-order valence-electron chi connectivity index (χ2n) is 4.68. The molecule has 2 rings (SSSR count). The fraction of sp³-hybridized carbons (Fsp3) is 0.667. The lowest BCUT2D eigenvalue weighted by molar-refractivity contribution is 0.238. The Kier molecular flexibility index (Phi) is 3.52. The molecule has 1 aliphatic carbocycles. The molecule has 1 saturated carbocycles. The van der Waals surface area contributed by atoms with E-state index in [2.05, 4.69) is 22.9 Å². The third-order valence-corrected chi connectivity index (χ3v) is 4.17. The Bertz CT molecular complexity index is 315. The zero-order valence-corrected chi connectivity index (χ0v) is 10.7. The van der Waals surface area contributed by atoms with Gasteiger partial charge in [-0.05, 0) is 46.7 Å². The first-order valence-electron chi connectivity index (χ1n) is 5.67. The monoisotopic (exact) mass is 271 g/mol. The van der Waals surface area contributed by atoms with E-state index in [4.69, 9.17) is 10.2 Å². The van der Waals surface area contributed by atoms with E-state index >= 15 is 0 Å². The van der Waals surface area contributed by atoms with E-state index in [1.807, 2.05) is 6.07 Å². The highest BCUT2D eigenvalue weighted by Gasteiger charge is 2.27. The van der Waals surface area contributed by atoms with Gasteiger partial charge < -0.3 is 10.2 Å². The summed E-state index contributed by atoms with van der Waals surface area (Å²) in [7, 11) is 0. The van der Waals surface area contributed by atoms with Gasteiger partial charge in [-0.15, -0.1) is 0 Å². The van der Waals surface area contributed by atoms with Crippen molar-refractivity contribution in [3.63, 3.8) is 0 Å². The SMILES string of the molecule is CC1CCC(C(N)c2occc2Br)CC1. The van der Waals surface area contributed by atoms with Gasteiger partial charge in [-0.2, -0.15) is 0 Å². The predicted molar refractivity (Wildman–Crippen MR) is 64.5 cm³/mol. The molecule has 3 heteroatoms. The molecule has 1 heterocycles. The van der Waals surface area contributed by atoms with E-state index in [9.17, 15) is 0 Å². The predicted octanol–water partition coefficient (Wildman–Crippen LogP) is 3.87. The van der Waals surface area contributed by atoms with Gasteiger partial charge in [-0.25, -0.2) is 0 Å². The highest BCUT2D eigenvalue weighted by atomic mass is 79.9. The summed E-state index contributed by atoms with van der Waals surface area (Å²) in [5.41, 5.74) is 6.24. The normalized spacial score (nSPS) is 29.0. The average molecular weight is 272 g/mol. The molecule has 2 nitrogen and oxygen atoms in total. The maximum absolute atomic E-state index is 6.24. The van der Waals surface area contributed by atoms with Crippen molar-refractivity contribution in [3.05, 3.63) is 22.6 Å². The topological polar surface area (TPSA) is 39.2 Å². The van der Waals surface area contributed by atoms with Gasteiger partial charge in [0.2, 0.25) is 0 Å². The van der Waals surface area contributed by atoms with E-state index in [-0.39, 0.29) is 6.04 Å². The van der Waals surface area contributed by atoms with Gasteiger partial charge in [0.15, 0.2) is 0 Å². The zero-order chi connectivity index (χ0) is 10.8. The maximum atomic E-state index is 6.24. The van der Waals surface area contributed by atoms with Crippen molar-refractivity contribution in [2.45, 2.75) is 38.6 Å². The molecule has 0 aliphatic heterocycles. The summed E-state index contributed by atoms with van der Waals surface area (Å²) in [6, 6.07) is 1.97. The van der Waals surface area contributed by atoms with Gasteiger partial charge in [0, 0.05) is 0 Å². The third kappa shape index (κ3) is 2.45. The van der Waals surface area contributed by atoms with Gasteiger partial charge >= 0.3 is 0 Å². The van der Waals surface area contributed by atoms with Crippen LogP contribution in [0.2, 0.25) is 0 Å². The second kappa shape index (κ2) is 4.71. The van der Waals surface area contributed by atoms with Crippen molar-refractivity contribution in [1.82, 2.24) is 0 Å². The van der Waals surface area contributed by atoms with E-state index < -0.39 is 0 Å².